The number of hydrogen-bond acceptors (Lipinski definition) is 4. The minimum atomic E-state index is -0.132. The van der Waals surface area contributed by atoms with Gasteiger partial charge < -0.3 is 20.1 Å². The summed E-state index contributed by atoms with van der Waals surface area (Å²) in [7, 11) is 1.64. The first-order valence-corrected chi connectivity index (χ1v) is 8.21. The van der Waals surface area contributed by atoms with Crippen molar-refractivity contribution in [2.24, 2.45) is 0 Å². The first kappa shape index (κ1) is 17.0. The lowest BCUT2D eigenvalue weighted by atomic mass is 9.99. The van der Waals surface area contributed by atoms with E-state index in [2.05, 4.69) is 16.5 Å². The van der Waals surface area contributed by atoms with Crippen LogP contribution in [0.15, 0.2) is 42.7 Å². The molecule has 1 aliphatic heterocycles. The molecule has 2 N–H and O–H groups in total. The highest BCUT2D eigenvalue weighted by atomic mass is 16.5. The maximum absolute atomic E-state index is 12.4. The average molecular weight is 342 g/mol. The van der Waals surface area contributed by atoms with Gasteiger partial charge in [-0.15, -0.1) is 0 Å². The molecule has 2 aromatic rings. The summed E-state index contributed by atoms with van der Waals surface area (Å²) in [5, 5.41) is 16.4. The normalized spacial score (nSPS) is 14.3. The number of amides is 2. The van der Waals surface area contributed by atoms with Crippen LogP contribution in [0.1, 0.15) is 12.0 Å². The van der Waals surface area contributed by atoms with Crippen molar-refractivity contribution in [1.29, 1.82) is 0 Å². The van der Waals surface area contributed by atoms with E-state index in [4.69, 9.17) is 4.74 Å². The summed E-state index contributed by atoms with van der Waals surface area (Å²) in [6, 6.07) is 7.01. The molecule has 0 spiro atoms. The van der Waals surface area contributed by atoms with E-state index in [0.717, 1.165) is 12.0 Å². The van der Waals surface area contributed by atoms with Crippen LogP contribution in [-0.4, -0.2) is 52.6 Å². The Hall–Kier alpha value is -2.80. The topological polar surface area (TPSA) is 79.6 Å². The molecule has 132 valence electrons. The molecule has 0 unspecified atom stereocenters. The van der Waals surface area contributed by atoms with E-state index < -0.39 is 0 Å². The van der Waals surface area contributed by atoms with E-state index >= 15 is 0 Å². The predicted molar refractivity (Wildman–Crippen MR) is 95.4 cm³/mol. The van der Waals surface area contributed by atoms with Gasteiger partial charge >= 0.3 is 6.03 Å². The summed E-state index contributed by atoms with van der Waals surface area (Å²) in [5.41, 5.74) is 2.95. The summed E-state index contributed by atoms with van der Waals surface area (Å²) in [6.45, 7) is 2.43. The van der Waals surface area contributed by atoms with E-state index in [-0.39, 0.29) is 11.8 Å². The number of phenols is 1. The zero-order valence-corrected chi connectivity index (χ0v) is 14.2. The zero-order chi connectivity index (χ0) is 17.6. The molecule has 0 saturated heterocycles. The molecule has 0 radical (unpaired) electrons. The number of nitrogens with one attached hydrogen (secondary N) is 1. The average Bonchev–Trinajstić information content (AvgIpc) is 3.08. The highest BCUT2D eigenvalue weighted by Crippen LogP contribution is 2.24. The van der Waals surface area contributed by atoms with Gasteiger partial charge in [-0.05, 0) is 29.7 Å². The number of carbonyl (C=O) groups excluding carboxylic acids is 1. The van der Waals surface area contributed by atoms with Crippen LogP contribution >= 0.6 is 0 Å². The number of urea groups is 1. The number of anilines is 1. The number of nitrogens with zero attached hydrogens (tertiary/aromatic N) is 3. The van der Waals surface area contributed by atoms with Crippen molar-refractivity contribution in [3.8, 4) is 5.75 Å². The third kappa shape index (κ3) is 4.39. The van der Waals surface area contributed by atoms with Crippen LogP contribution in [0.25, 0.3) is 5.57 Å². The van der Waals surface area contributed by atoms with Crippen LogP contribution in [0, 0.1) is 0 Å². The van der Waals surface area contributed by atoms with Gasteiger partial charge in [0.15, 0.2) is 0 Å². The van der Waals surface area contributed by atoms with Gasteiger partial charge in [0.1, 0.15) is 5.75 Å². The molecule has 1 aliphatic rings. The van der Waals surface area contributed by atoms with Crippen molar-refractivity contribution < 1.29 is 14.6 Å². The summed E-state index contributed by atoms with van der Waals surface area (Å²) < 4.78 is 6.74. The van der Waals surface area contributed by atoms with E-state index in [1.807, 2.05) is 12.1 Å². The van der Waals surface area contributed by atoms with Gasteiger partial charge in [-0.3, -0.25) is 4.68 Å². The van der Waals surface area contributed by atoms with Gasteiger partial charge in [0, 0.05) is 26.4 Å². The van der Waals surface area contributed by atoms with Crippen molar-refractivity contribution in [2.75, 3.05) is 32.1 Å². The Balaban J connectivity index is 1.55. The smallest absolute Gasteiger partial charge is 0.322 e. The number of benzene rings is 1. The second-order valence-electron chi connectivity index (χ2n) is 5.89. The van der Waals surface area contributed by atoms with Crippen molar-refractivity contribution in [1.82, 2.24) is 14.7 Å². The van der Waals surface area contributed by atoms with Crippen LogP contribution in [0.3, 0.4) is 0 Å². The molecule has 25 heavy (non-hydrogen) atoms. The number of methoxy groups -OCH3 is 1. The quantitative estimate of drug-likeness (QED) is 0.875. The molecule has 0 fully saturated rings. The van der Waals surface area contributed by atoms with Crippen molar-refractivity contribution in [2.45, 2.75) is 13.0 Å². The number of carbonyl (C=O) groups is 1. The van der Waals surface area contributed by atoms with Gasteiger partial charge in [-0.1, -0.05) is 18.2 Å². The fraction of sp³-hybridized carbons (Fsp3) is 0.333. The molecule has 1 aromatic carbocycles. The lowest BCUT2D eigenvalue weighted by molar-refractivity contribution is 0.183. The second kappa shape index (κ2) is 7.85. The molecule has 7 heteroatoms. The maximum atomic E-state index is 12.4. The Morgan fingerprint density at radius 2 is 2.16 bits per heavy atom. The van der Waals surface area contributed by atoms with Gasteiger partial charge in [0.25, 0.3) is 0 Å². The first-order valence-electron chi connectivity index (χ1n) is 8.21. The Labute approximate surface area is 146 Å². The monoisotopic (exact) mass is 342 g/mol. The van der Waals surface area contributed by atoms with Crippen molar-refractivity contribution in [3.63, 3.8) is 0 Å². The molecule has 0 saturated carbocycles. The molecular formula is C18H22N4O3. The molecule has 7 nitrogen and oxygen atoms in total. The highest BCUT2D eigenvalue weighted by Gasteiger charge is 2.18. The Morgan fingerprint density at radius 1 is 1.36 bits per heavy atom. The Morgan fingerprint density at radius 3 is 2.84 bits per heavy atom. The van der Waals surface area contributed by atoms with Gasteiger partial charge in [-0.25, -0.2) is 4.79 Å². The minimum absolute atomic E-state index is 0.132. The molecule has 0 aliphatic carbocycles. The molecule has 3 rings (SSSR count). The van der Waals surface area contributed by atoms with Crippen molar-refractivity contribution >= 4 is 17.3 Å². The molecule has 2 amide bonds. The largest absolute Gasteiger partial charge is 0.508 e. The first-order chi connectivity index (χ1) is 12.2. The Kier molecular flexibility index (Phi) is 5.35. The van der Waals surface area contributed by atoms with E-state index in [1.54, 1.807) is 41.2 Å². The van der Waals surface area contributed by atoms with Crippen LogP contribution < -0.4 is 5.32 Å². The fourth-order valence-corrected chi connectivity index (χ4v) is 2.73. The summed E-state index contributed by atoms with van der Waals surface area (Å²) >= 11 is 0. The van der Waals surface area contributed by atoms with E-state index in [1.165, 1.54) is 5.57 Å². The minimum Gasteiger partial charge on any atom is -0.508 e. The van der Waals surface area contributed by atoms with Crippen LogP contribution in [0.4, 0.5) is 10.5 Å². The number of aromatic nitrogens is 2. The SMILES string of the molecule is COCCn1cc(NC(=O)N2CC=C(c3ccc(O)cc3)CC2)cn1. The molecule has 0 atom stereocenters. The third-order valence-corrected chi connectivity index (χ3v) is 4.14. The second-order valence-corrected chi connectivity index (χ2v) is 5.89. The van der Waals surface area contributed by atoms with Crippen LogP contribution in [0.5, 0.6) is 5.75 Å². The molecule has 2 heterocycles. The zero-order valence-electron chi connectivity index (χ0n) is 14.2. The summed E-state index contributed by atoms with van der Waals surface area (Å²) in [6.07, 6.45) is 6.26. The van der Waals surface area contributed by atoms with Gasteiger partial charge in [-0.2, -0.15) is 5.10 Å². The highest BCUT2D eigenvalue weighted by molar-refractivity contribution is 5.89. The molecule has 1 aromatic heterocycles. The lowest BCUT2D eigenvalue weighted by Crippen LogP contribution is -2.37. The van der Waals surface area contributed by atoms with Gasteiger partial charge in [0.05, 0.1) is 25.0 Å². The van der Waals surface area contributed by atoms with E-state index in [0.29, 0.717) is 31.9 Å². The third-order valence-electron chi connectivity index (χ3n) is 4.14. The number of aromatic hydroxyl groups is 1. The Bertz CT molecular complexity index is 752. The fourth-order valence-electron chi connectivity index (χ4n) is 2.73. The van der Waals surface area contributed by atoms with Gasteiger partial charge in [0.2, 0.25) is 0 Å². The van der Waals surface area contributed by atoms with Crippen LogP contribution in [0.2, 0.25) is 0 Å². The van der Waals surface area contributed by atoms with Crippen LogP contribution in [-0.2, 0) is 11.3 Å². The number of ether oxygens (including phenoxy) is 1. The standard InChI is InChI=1S/C18H22N4O3/c1-25-11-10-22-13-16(12-19-22)20-18(24)21-8-6-15(7-9-21)14-2-4-17(23)5-3-14/h2-6,12-13,23H,7-11H2,1H3,(H,20,24). The molecular weight excluding hydrogens is 320 g/mol. The number of rotatable bonds is 5. The molecule has 0 bridgehead atoms. The maximum Gasteiger partial charge on any atom is 0.322 e. The van der Waals surface area contributed by atoms with E-state index in [9.17, 15) is 9.90 Å². The lowest BCUT2D eigenvalue weighted by Gasteiger charge is -2.26. The number of phenolic OH excluding ortho intramolecular Hbond substituents is 1. The van der Waals surface area contributed by atoms with Crippen molar-refractivity contribution in [3.05, 3.63) is 48.3 Å². The number of hydrogen-bond donors (Lipinski definition) is 2. The summed E-state index contributed by atoms with van der Waals surface area (Å²) in [5.74, 6) is 0.257. The summed E-state index contributed by atoms with van der Waals surface area (Å²) in [4.78, 5) is 14.1. The predicted octanol–water partition coefficient (Wildman–Crippen LogP) is 2.56.